The lowest BCUT2D eigenvalue weighted by molar-refractivity contribution is -0.120. The molecule has 0 unspecified atom stereocenters. The number of rotatable bonds is 7. The third-order valence-corrected chi connectivity index (χ3v) is 4.15. The minimum Gasteiger partial charge on any atom is -0.326 e. The largest absolute Gasteiger partial charge is 0.326 e. The molecule has 0 atom stereocenters. The van der Waals surface area contributed by atoms with Crippen LogP contribution in [0.1, 0.15) is 18.1 Å². The Morgan fingerprint density at radius 3 is 2.00 bits per heavy atom. The van der Waals surface area contributed by atoms with Gasteiger partial charge in [-0.15, -0.1) is 0 Å². The van der Waals surface area contributed by atoms with Gasteiger partial charge < -0.3 is 5.32 Å². The summed E-state index contributed by atoms with van der Waals surface area (Å²) in [6, 6.07) is 27.0. The van der Waals surface area contributed by atoms with Gasteiger partial charge in [0.25, 0.3) is 0 Å². The first-order chi connectivity index (χ1) is 13.6. The Kier molecular flexibility index (Phi) is 6.41. The number of hydrogen-bond donors (Lipinski definition) is 2. The Bertz CT molecular complexity index is 910. The first-order valence-electron chi connectivity index (χ1n) is 9.13. The molecule has 3 aromatic carbocycles. The number of amides is 2. The van der Waals surface area contributed by atoms with Crippen LogP contribution in [-0.2, 0) is 22.6 Å². The summed E-state index contributed by atoms with van der Waals surface area (Å²) in [4.78, 5) is 23.7. The minimum atomic E-state index is -0.120. The van der Waals surface area contributed by atoms with Crippen LogP contribution < -0.4 is 15.8 Å². The molecule has 28 heavy (non-hydrogen) atoms. The Balaban J connectivity index is 1.68. The molecule has 0 aromatic heterocycles. The van der Waals surface area contributed by atoms with Gasteiger partial charge in [-0.1, -0.05) is 60.7 Å². The zero-order chi connectivity index (χ0) is 19.8. The highest BCUT2D eigenvalue weighted by Gasteiger charge is 2.12. The van der Waals surface area contributed by atoms with E-state index in [1.165, 1.54) is 6.92 Å². The zero-order valence-electron chi connectivity index (χ0n) is 15.8. The molecule has 2 amide bonds. The topological polar surface area (TPSA) is 61.4 Å². The van der Waals surface area contributed by atoms with Crippen LogP contribution in [0.3, 0.4) is 0 Å². The summed E-state index contributed by atoms with van der Waals surface area (Å²) < 4.78 is 0. The first kappa shape index (κ1) is 19.2. The molecular formula is C23H23N3O2. The molecule has 0 bridgehead atoms. The van der Waals surface area contributed by atoms with Crippen molar-refractivity contribution in [1.29, 1.82) is 0 Å². The van der Waals surface area contributed by atoms with Crippen molar-refractivity contribution in [2.75, 3.05) is 10.3 Å². The highest BCUT2D eigenvalue weighted by atomic mass is 16.2. The van der Waals surface area contributed by atoms with Crippen molar-refractivity contribution in [2.45, 2.75) is 19.9 Å². The molecule has 0 radical (unpaired) electrons. The molecule has 0 aliphatic heterocycles. The van der Waals surface area contributed by atoms with Gasteiger partial charge in [0.15, 0.2) is 0 Å². The van der Waals surface area contributed by atoms with Crippen LogP contribution in [0.5, 0.6) is 0 Å². The van der Waals surface area contributed by atoms with Crippen LogP contribution in [-0.4, -0.2) is 11.8 Å². The van der Waals surface area contributed by atoms with Crippen molar-refractivity contribution in [1.82, 2.24) is 5.43 Å². The maximum absolute atomic E-state index is 12.6. The summed E-state index contributed by atoms with van der Waals surface area (Å²) in [5, 5.41) is 4.57. The van der Waals surface area contributed by atoms with E-state index in [0.29, 0.717) is 12.2 Å². The number of benzene rings is 3. The van der Waals surface area contributed by atoms with Gasteiger partial charge in [0.1, 0.15) is 0 Å². The van der Waals surface area contributed by atoms with Crippen molar-refractivity contribution >= 4 is 23.2 Å². The van der Waals surface area contributed by atoms with E-state index < -0.39 is 0 Å². The van der Waals surface area contributed by atoms with Gasteiger partial charge in [-0.05, 0) is 35.4 Å². The number of nitrogens with one attached hydrogen (secondary N) is 2. The molecule has 0 aliphatic rings. The maximum atomic E-state index is 12.6. The summed E-state index contributed by atoms with van der Waals surface area (Å²) in [5.74, 6) is -0.225. The normalized spacial score (nSPS) is 10.2. The molecule has 5 nitrogen and oxygen atoms in total. The van der Waals surface area contributed by atoms with Crippen molar-refractivity contribution < 1.29 is 9.59 Å². The fourth-order valence-electron chi connectivity index (χ4n) is 2.85. The van der Waals surface area contributed by atoms with Gasteiger partial charge in [0.2, 0.25) is 11.8 Å². The molecule has 0 fully saturated rings. The van der Waals surface area contributed by atoms with E-state index in [9.17, 15) is 9.59 Å². The standard InChI is InChI=1S/C23H23N3O2/c1-18(27)24-21-14-12-19(13-15-21)16-23(28)25-26(22-10-6-3-7-11-22)17-20-8-4-2-5-9-20/h2-15H,16-17H2,1H3,(H,24,27)(H,25,28). The van der Waals surface area contributed by atoms with E-state index in [2.05, 4.69) is 10.7 Å². The number of anilines is 2. The number of para-hydroxylation sites is 1. The molecule has 0 spiro atoms. The predicted octanol–water partition coefficient (Wildman–Crippen LogP) is 3.93. The molecule has 0 heterocycles. The predicted molar refractivity (Wildman–Crippen MR) is 112 cm³/mol. The SMILES string of the molecule is CC(=O)Nc1ccc(CC(=O)NN(Cc2ccccc2)c2ccccc2)cc1. The van der Waals surface area contributed by atoms with Gasteiger partial charge in [-0.2, -0.15) is 0 Å². The Morgan fingerprint density at radius 2 is 1.39 bits per heavy atom. The second-order valence-corrected chi connectivity index (χ2v) is 6.50. The number of carbonyl (C=O) groups is 2. The number of hydrazine groups is 1. The lowest BCUT2D eigenvalue weighted by atomic mass is 10.1. The van der Waals surface area contributed by atoms with Crippen molar-refractivity contribution in [2.24, 2.45) is 0 Å². The third kappa shape index (κ3) is 5.71. The third-order valence-electron chi connectivity index (χ3n) is 4.15. The zero-order valence-corrected chi connectivity index (χ0v) is 15.8. The molecule has 3 rings (SSSR count). The summed E-state index contributed by atoms with van der Waals surface area (Å²) >= 11 is 0. The minimum absolute atomic E-state index is 0.105. The number of hydrogen-bond acceptors (Lipinski definition) is 3. The Labute approximate surface area is 165 Å². The van der Waals surface area contributed by atoms with E-state index in [1.807, 2.05) is 77.8 Å². The average Bonchev–Trinajstić information content (AvgIpc) is 2.70. The van der Waals surface area contributed by atoms with Gasteiger partial charge >= 0.3 is 0 Å². The molecule has 3 aromatic rings. The van der Waals surface area contributed by atoms with E-state index in [1.54, 1.807) is 12.1 Å². The fraction of sp³-hybridized carbons (Fsp3) is 0.130. The first-order valence-corrected chi connectivity index (χ1v) is 9.13. The lowest BCUT2D eigenvalue weighted by Crippen LogP contribution is -2.42. The summed E-state index contributed by atoms with van der Waals surface area (Å²) in [5.41, 5.74) is 6.61. The lowest BCUT2D eigenvalue weighted by Gasteiger charge is -2.25. The van der Waals surface area contributed by atoms with E-state index in [4.69, 9.17) is 0 Å². The molecule has 0 saturated carbocycles. The highest BCUT2D eigenvalue weighted by molar-refractivity contribution is 5.88. The summed E-state index contributed by atoms with van der Waals surface area (Å²) in [7, 11) is 0. The Morgan fingerprint density at radius 1 is 0.786 bits per heavy atom. The average molecular weight is 373 g/mol. The van der Waals surface area contributed by atoms with E-state index in [-0.39, 0.29) is 18.2 Å². The summed E-state index contributed by atoms with van der Waals surface area (Å²) in [6.07, 6.45) is 0.248. The van der Waals surface area contributed by atoms with Crippen molar-refractivity contribution in [3.63, 3.8) is 0 Å². The Hall–Kier alpha value is -3.60. The van der Waals surface area contributed by atoms with Gasteiger partial charge in [-0.25, -0.2) is 0 Å². The molecule has 0 saturated heterocycles. The van der Waals surface area contributed by atoms with Gasteiger partial charge in [0.05, 0.1) is 18.7 Å². The second kappa shape index (κ2) is 9.37. The second-order valence-electron chi connectivity index (χ2n) is 6.50. The van der Waals surface area contributed by atoms with E-state index in [0.717, 1.165) is 16.8 Å². The van der Waals surface area contributed by atoms with Crippen LogP contribution in [0.2, 0.25) is 0 Å². The van der Waals surface area contributed by atoms with Crippen molar-refractivity contribution in [3.05, 3.63) is 96.1 Å². The van der Waals surface area contributed by atoms with Gasteiger partial charge in [0, 0.05) is 12.6 Å². The smallest absolute Gasteiger partial charge is 0.242 e. The van der Waals surface area contributed by atoms with E-state index >= 15 is 0 Å². The van der Waals surface area contributed by atoms with Crippen LogP contribution in [0.4, 0.5) is 11.4 Å². The highest BCUT2D eigenvalue weighted by Crippen LogP contribution is 2.15. The molecule has 5 heteroatoms. The molecule has 142 valence electrons. The van der Waals surface area contributed by atoms with Crippen LogP contribution >= 0.6 is 0 Å². The number of nitrogens with zero attached hydrogens (tertiary/aromatic N) is 1. The van der Waals surface area contributed by atoms with Crippen LogP contribution in [0.15, 0.2) is 84.9 Å². The van der Waals surface area contributed by atoms with Crippen LogP contribution in [0.25, 0.3) is 0 Å². The fourth-order valence-corrected chi connectivity index (χ4v) is 2.85. The summed E-state index contributed by atoms with van der Waals surface area (Å²) in [6.45, 7) is 2.03. The van der Waals surface area contributed by atoms with Gasteiger partial charge in [-0.3, -0.25) is 20.0 Å². The molecule has 2 N–H and O–H groups in total. The quantitative estimate of drug-likeness (QED) is 0.617. The monoisotopic (exact) mass is 373 g/mol. The molecular weight excluding hydrogens is 350 g/mol. The molecule has 0 aliphatic carbocycles. The maximum Gasteiger partial charge on any atom is 0.242 e. The van der Waals surface area contributed by atoms with Crippen LogP contribution in [0, 0.1) is 0 Å². The number of carbonyl (C=O) groups excluding carboxylic acids is 2. The van der Waals surface area contributed by atoms with Crippen molar-refractivity contribution in [3.8, 4) is 0 Å².